The van der Waals surface area contributed by atoms with Gasteiger partial charge in [-0.15, -0.1) is 0 Å². The Morgan fingerprint density at radius 1 is 1.00 bits per heavy atom. The molecule has 0 bridgehead atoms. The van der Waals surface area contributed by atoms with E-state index in [1.54, 1.807) is 27.7 Å². The van der Waals surface area contributed by atoms with E-state index in [1.807, 2.05) is 13.8 Å². The van der Waals surface area contributed by atoms with Gasteiger partial charge in [-0.3, -0.25) is 4.79 Å². The van der Waals surface area contributed by atoms with E-state index in [2.05, 4.69) is 6.58 Å². The van der Waals surface area contributed by atoms with E-state index in [4.69, 9.17) is 9.47 Å². The van der Waals surface area contributed by atoms with Crippen molar-refractivity contribution < 1.29 is 63.6 Å². The Hall–Kier alpha value is -0.890. The van der Waals surface area contributed by atoms with Crippen molar-refractivity contribution in [3.8, 4) is 0 Å². The van der Waals surface area contributed by atoms with Crippen molar-refractivity contribution in [2.75, 3.05) is 13.2 Å². The summed E-state index contributed by atoms with van der Waals surface area (Å²) >= 11 is 0. The van der Waals surface area contributed by atoms with E-state index in [9.17, 15) is 24.6 Å². The molecule has 7 nitrogen and oxygen atoms in total. The average molecular weight is 396 g/mol. The standard InChI is InChI=1S/C13H22O5.C6H12O2.Na/c1-6-13(4,5)12(16)18-8-10(14)7-17-11(15)9(2)3;1-4-6(2,3)5(7)8;/h10,14H,2,6-8H2,1,3-5H3;4H2,1-3H3,(H,7,8);/q;;+1/p-1. The number of ether oxygens (including phenoxy) is 2. The molecule has 1 N–H and O–H groups in total. The van der Waals surface area contributed by atoms with E-state index < -0.39 is 28.9 Å². The summed E-state index contributed by atoms with van der Waals surface area (Å²) < 4.78 is 9.68. The van der Waals surface area contributed by atoms with Gasteiger partial charge in [-0.2, -0.15) is 0 Å². The number of carbonyl (C=O) groups excluding carboxylic acids is 3. The van der Waals surface area contributed by atoms with Gasteiger partial charge in [0.25, 0.3) is 0 Å². The maximum atomic E-state index is 11.6. The van der Waals surface area contributed by atoms with Gasteiger partial charge < -0.3 is 24.5 Å². The molecule has 8 heteroatoms. The fraction of sp³-hybridized carbons (Fsp3) is 0.737. The van der Waals surface area contributed by atoms with Gasteiger partial charge >= 0.3 is 41.5 Å². The number of aliphatic carboxylic acids is 1. The van der Waals surface area contributed by atoms with Crippen LogP contribution >= 0.6 is 0 Å². The van der Waals surface area contributed by atoms with Crippen LogP contribution in [0.15, 0.2) is 12.2 Å². The zero-order valence-electron chi connectivity index (χ0n) is 18.0. The molecule has 0 fully saturated rings. The minimum atomic E-state index is -1.02. The fourth-order valence-electron chi connectivity index (χ4n) is 0.999. The molecule has 0 aromatic carbocycles. The Balaban J connectivity index is -0.000000542. The van der Waals surface area contributed by atoms with Crippen LogP contribution in [0.3, 0.4) is 0 Å². The summed E-state index contributed by atoms with van der Waals surface area (Å²) in [6, 6.07) is 0. The molecule has 0 amide bonds. The van der Waals surface area contributed by atoms with Gasteiger partial charge in [0.2, 0.25) is 0 Å². The first-order valence-corrected chi connectivity index (χ1v) is 8.60. The van der Waals surface area contributed by atoms with Crippen molar-refractivity contribution in [2.45, 2.75) is 67.4 Å². The predicted molar refractivity (Wildman–Crippen MR) is 95.9 cm³/mol. The van der Waals surface area contributed by atoms with Crippen LogP contribution in [0.4, 0.5) is 0 Å². The molecule has 152 valence electrons. The van der Waals surface area contributed by atoms with Gasteiger partial charge in [0, 0.05) is 17.0 Å². The van der Waals surface area contributed by atoms with Crippen LogP contribution in [0.5, 0.6) is 0 Å². The molecule has 0 aliphatic rings. The smallest absolute Gasteiger partial charge is 0.550 e. The van der Waals surface area contributed by atoms with Crippen LogP contribution < -0.4 is 34.7 Å². The maximum absolute atomic E-state index is 11.6. The first-order valence-electron chi connectivity index (χ1n) is 8.60. The molecule has 0 saturated heterocycles. The zero-order valence-corrected chi connectivity index (χ0v) is 20.0. The molecule has 0 aromatic rings. The average Bonchev–Trinajstić information content (AvgIpc) is 2.57. The summed E-state index contributed by atoms with van der Waals surface area (Å²) in [6.45, 7) is 15.1. The van der Waals surface area contributed by atoms with Gasteiger partial charge in [0.1, 0.15) is 19.3 Å². The Bertz CT molecular complexity index is 498. The van der Waals surface area contributed by atoms with E-state index in [0.717, 1.165) is 0 Å². The quantitative estimate of drug-likeness (QED) is 0.290. The number of carboxylic acids is 1. The van der Waals surface area contributed by atoms with Gasteiger partial charge in [-0.05, 0) is 33.6 Å². The third-order valence-corrected chi connectivity index (χ3v) is 4.04. The number of hydrogen-bond acceptors (Lipinski definition) is 7. The molecule has 27 heavy (non-hydrogen) atoms. The molecule has 0 aromatic heterocycles. The third-order valence-electron chi connectivity index (χ3n) is 4.04. The normalized spacial score (nSPS) is 11.9. The van der Waals surface area contributed by atoms with Crippen molar-refractivity contribution in [1.29, 1.82) is 0 Å². The summed E-state index contributed by atoms with van der Waals surface area (Å²) in [4.78, 5) is 32.8. The van der Waals surface area contributed by atoms with E-state index in [1.165, 1.54) is 6.92 Å². The number of rotatable bonds is 9. The summed E-state index contributed by atoms with van der Waals surface area (Å²) in [5.74, 6) is -1.93. The van der Waals surface area contributed by atoms with Crippen molar-refractivity contribution in [2.24, 2.45) is 10.8 Å². The fourth-order valence-corrected chi connectivity index (χ4v) is 0.999. The zero-order chi connectivity index (χ0) is 21.1. The second-order valence-corrected chi connectivity index (χ2v) is 7.39. The number of hydrogen-bond donors (Lipinski definition) is 1. The van der Waals surface area contributed by atoms with Crippen molar-refractivity contribution in [3.63, 3.8) is 0 Å². The second kappa shape index (κ2) is 14.2. The molecule has 0 heterocycles. The molecule has 1 atom stereocenters. The van der Waals surface area contributed by atoms with Gasteiger partial charge in [0.05, 0.1) is 5.41 Å². The number of carboxylic acid groups (broad SMARTS) is 1. The van der Waals surface area contributed by atoms with E-state index in [-0.39, 0.29) is 54.3 Å². The molecular weight excluding hydrogens is 363 g/mol. The number of esters is 2. The Morgan fingerprint density at radius 2 is 1.41 bits per heavy atom. The molecule has 1 unspecified atom stereocenters. The molecule has 0 saturated carbocycles. The number of aliphatic hydroxyl groups excluding tert-OH is 1. The van der Waals surface area contributed by atoms with Crippen LogP contribution in [-0.4, -0.2) is 42.3 Å². The molecule has 0 aliphatic heterocycles. The van der Waals surface area contributed by atoms with E-state index in [0.29, 0.717) is 12.8 Å². The molecule has 0 radical (unpaired) electrons. The predicted octanol–water partition coefficient (Wildman–Crippen LogP) is -1.38. The SMILES string of the molecule is C=C(C)C(=O)OCC(O)COC(=O)C(C)(C)CC.CCC(C)(C)C(=O)[O-].[Na+]. The van der Waals surface area contributed by atoms with Crippen molar-refractivity contribution in [3.05, 3.63) is 12.2 Å². The van der Waals surface area contributed by atoms with Crippen LogP contribution in [0.1, 0.15) is 61.3 Å². The molecule has 0 aliphatic carbocycles. The van der Waals surface area contributed by atoms with Crippen LogP contribution in [0, 0.1) is 10.8 Å². The topological polar surface area (TPSA) is 113 Å². The van der Waals surface area contributed by atoms with Crippen LogP contribution in [0.2, 0.25) is 0 Å². The Labute approximate surface area is 184 Å². The Morgan fingerprint density at radius 3 is 1.70 bits per heavy atom. The summed E-state index contributed by atoms with van der Waals surface area (Å²) in [5.41, 5.74) is -0.972. The first kappa shape index (κ1) is 30.8. The summed E-state index contributed by atoms with van der Waals surface area (Å²) in [5, 5.41) is 19.6. The van der Waals surface area contributed by atoms with Crippen molar-refractivity contribution >= 4 is 17.9 Å². The van der Waals surface area contributed by atoms with Gasteiger partial charge in [0.15, 0.2) is 0 Å². The molecule has 0 spiro atoms. The van der Waals surface area contributed by atoms with Crippen LogP contribution in [-0.2, 0) is 23.9 Å². The van der Waals surface area contributed by atoms with Gasteiger partial charge in [-0.25, -0.2) is 4.79 Å². The second-order valence-electron chi connectivity index (χ2n) is 7.39. The van der Waals surface area contributed by atoms with Gasteiger partial charge in [-0.1, -0.05) is 34.3 Å². The van der Waals surface area contributed by atoms with E-state index >= 15 is 0 Å². The largest absolute Gasteiger partial charge is 1.00 e. The minimum absolute atomic E-state index is 0. The first-order chi connectivity index (χ1) is 11.7. The summed E-state index contributed by atoms with van der Waals surface area (Å²) in [7, 11) is 0. The molecular formula is C19H33NaO7. The summed E-state index contributed by atoms with van der Waals surface area (Å²) in [6.07, 6.45) is 0.243. The van der Waals surface area contributed by atoms with Crippen molar-refractivity contribution in [1.82, 2.24) is 0 Å². The maximum Gasteiger partial charge on any atom is 1.00 e. The van der Waals surface area contributed by atoms with Crippen LogP contribution in [0.25, 0.3) is 0 Å². The number of carbonyl (C=O) groups is 3. The Kier molecular flexibility index (Phi) is 16.2. The molecule has 0 rings (SSSR count). The monoisotopic (exact) mass is 396 g/mol. The number of aliphatic hydroxyl groups is 1. The third kappa shape index (κ3) is 13.9. The minimum Gasteiger partial charge on any atom is -0.550 e.